The van der Waals surface area contributed by atoms with Gasteiger partial charge in [-0.1, -0.05) is 12.1 Å². The smallest absolute Gasteiger partial charge is 0.317 e. The number of nitrogens with zero attached hydrogens (tertiary/aromatic N) is 1. The van der Waals surface area contributed by atoms with Crippen LogP contribution >= 0.6 is 0 Å². The van der Waals surface area contributed by atoms with Crippen molar-refractivity contribution in [3.8, 4) is 11.5 Å². The van der Waals surface area contributed by atoms with E-state index in [1.165, 1.54) is 4.90 Å². The minimum Gasteiger partial charge on any atom is -0.486 e. The zero-order valence-electron chi connectivity index (χ0n) is 12.9. The van der Waals surface area contributed by atoms with Crippen molar-refractivity contribution >= 4 is 15.9 Å². The van der Waals surface area contributed by atoms with E-state index in [0.717, 1.165) is 0 Å². The topological polar surface area (TPSA) is 84.9 Å². The molecule has 1 aromatic rings. The molecule has 1 saturated heterocycles. The van der Waals surface area contributed by atoms with E-state index in [9.17, 15) is 13.2 Å². The highest BCUT2D eigenvalue weighted by atomic mass is 32.2. The molecular formula is C15H20N2O5S. The molecule has 8 heteroatoms. The van der Waals surface area contributed by atoms with Gasteiger partial charge in [-0.2, -0.15) is 0 Å². The molecule has 0 saturated carbocycles. The Morgan fingerprint density at radius 3 is 2.78 bits per heavy atom. The Labute approximate surface area is 135 Å². The molecule has 0 aliphatic carbocycles. The van der Waals surface area contributed by atoms with Gasteiger partial charge in [0.25, 0.3) is 0 Å². The maximum absolute atomic E-state index is 12.2. The van der Waals surface area contributed by atoms with E-state index in [-0.39, 0.29) is 29.7 Å². The van der Waals surface area contributed by atoms with Crippen LogP contribution in [-0.4, -0.2) is 63.2 Å². The van der Waals surface area contributed by atoms with Gasteiger partial charge in [0, 0.05) is 13.1 Å². The zero-order valence-corrected chi connectivity index (χ0v) is 13.7. The van der Waals surface area contributed by atoms with E-state index in [1.54, 1.807) is 7.05 Å². The summed E-state index contributed by atoms with van der Waals surface area (Å²) in [4.78, 5) is 13.6. The van der Waals surface area contributed by atoms with Crippen LogP contribution in [0.25, 0.3) is 0 Å². The van der Waals surface area contributed by atoms with Gasteiger partial charge >= 0.3 is 6.03 Å². The van der Waals surface area contributed by atoms with Crippen LogP contribution in [0.2, 0.25) is 0 Å². The number of likely N-dealkylation sites (N-methyl/N-ethyl adjacent to an activating group) is 1. The molecule has 3 rings (SSSR count). The van der Waals surface area contributed by atoms with E-state index in [0.29, 0.717) is 31.1 Å². The highest BCUT2D eigenvalue weighted by Crippen LogP contribution is 2.30. The molecule has 2 heterocycles. The van der Waals surface area contributed by atoms with Crippen molar-refractivity contribution in [2.45, 2.75) is 18.6 Å². The van der Waals surface area contributed by atoms with Crippen molar-refractivity contribution in [2.24, 2.45) is 0 Å². The first-order chi connectivity index (χ1) is 10.9. The highest BCUT2D eigenvalue weighted by Gasteiger charge is 2.30. The third-order valence-corrected chi connectivity index (χ3v) is 5.72. The van der Waals surface area contributed by atoms with Gasteiger partial charge in [-0.25, -0.2) is 13.2 Å². The third-order valence-electron chi connectivity index (χ3n) is 3.95. The van der Waals surface area contributed by atoms with Crippen LogP contribution < -0.4 is 14.8 Å². The average Bonchev–Trinajstić information content (AvgIpc) is 2.86. The predicted molar refractivity (Wildman–Crippen MR) is 84.6 cm³/mol. The molecule has 0 radical (unpaired) electrons. The largest absolute Gasteiger partial charge is 0.486 e. The van der Waals surface area contributed by atoms with Gasteiger partial charge in [0.2, 0.25) is 0 Å². The van der Waals surface area contributed by atoms with Crippen LogP contribution in [0.4, 0.5) is 4.79 Å². The van der Waals surface area contributed by atoms with Crippen LogP contribution in [0.1, 0.15) is 6.42 Å². The number of ether oxygens (including phenoxy) is 2. The van der Waals surface area contributed by atoms with E-state index in [1.807, 2.05) is 24.3 Å². The van der Waals surface area contributed by atoms with Crippen molar-refractivity contribution in [1.82, 2.24) is 10.2 Å². The second-order valence-corrected chi connectivity index (χ2v) is 8.16. The molecule has 7 nitrogen and oxygen atoms in total. The number of hydrogen-bond donors (Lipinski definition) is 1. The van der Waals surface area contributed by atoms with E-state index in [2.05, 4.69) is 5.32 Å². The lowest BCUT2D eigenvalue weighted by atomic mass is 10.2. The molecule has 23 heavy (non-hydrogen) atoms. The van der Waals surface area contributed by atoms with Gasteiger partial charge in [0.15, 0.2) is 27.4 Å². The van der Waals surface area contributed by atoms with Gasteiger partial charge in [0.05, 0.1) is 18.1 Å². The number of fused-ring (bicyclic) bond motifs is 1. The highest BCUT2D eigenvalue weighted by molar-refractivity contribution is 7.91. The number of benzene rings is 1. The van der Waals surface area contributed by atoms with Crippen LogP contribution in [0.3, 0.4) is 0 Å². The minimum atomic E-state index is -3.01. The number of urea groups is 1. The summed E-state index contributed by atoms with van der Waals surface area (Å²) in [5, 5.41) is 2.75. The molecule has 0 aromatic heterocycles. The summed E-state index contributed by atoms with van der Waals surface area (Å²) >= 11 is 0. The Morgan fingerprint density at radius 1 is 1.35 bits per heavy atom. The summed E-state index contributed by atoms with van der Waals surface area (Å²) in [7, 11) is -1.35. The second-order valence-electron chi connectivity index (χ2n) is 5.93. The van der Waals surface area contributed by atoms with Gasteiger partial charge in [-0.3, -0.25) is 0 Å². The van der Waals surface area contributed by atoms with E-state index < -0.39 is 9.84 Å². The summed E-state index contributed by atoms with van der Waals surface area (Å²) in [5.41, 5.74) is 0. The Kier molecular flexibility index (Phi) is 4.34. The van der Waals surface area contributed by atoms with Crippen molar-refractivity contribution in [1.29, 1.82) is 0 Å². The summed E-state index contributed by atoms with van der Waals surface area (Å²) in [6.07, 6.45) is 0.214. The lowest BCUT2D eigenvalue weighted by Crippen LogP contribution is -2.48. The van der Waals surface area contributed by atoms with Crippen LogP contribution in [0, 0.1) is 0 Å². The number of para-hydroxylation sites is 2. The lowest BCUT2D eigenvalue weighted by molar-refractivity contribution is 0.0713. The molecule has 2 amide bonds. The molecule has 2 aliphatic heterocycles. The van der Waals surface area contributed by atoms with Gasteiger partial charge in [-0.15, -0.1) is 0 Å². The van der Waals surface area contributed by atoms with Crippen molar-refractivity contribution < 1.29 is 22.7 Å². The first-order valence-corrected chi connectivity index (χ1v) is 9.35. The van der Waals surface area contributed by atoms with Crippen LogP contribution in [0.15, 0.2) is 24.3 Å². The first kappa shape index (κ1) is 15.9. The number of sulfone groups is 1. The average molecular weight is 340 g/mol. The van der Waals surface area contributed by atoms with Gasteiger partial charge in [-0.05, 0) is 18.6 Å². The Morgan fingerprint density at radius 2 is 2.09 bits per heavy atom. The quantitative estimate of drug-likeness (QED) is 0.873. The molecule has 1 fully saturated rings. The van der Waals surface area contributed by atoms with E-state index >= 15 is 0 Å². The Bertz CT molecular complexity index is 691. The minimum absolute atomic E-state index is 0.0169. The van der Waals surface area contributed by atoms with Crippen LogP contribution in [-0.2, 0) is 9.84 Å². The molecule has 0 spiro atoms. The molecule has 0 bridgehead atoms. The van der Waals surface area contributed by atoms with Crippen molar-refractivity contribution in [3.63, 3.8) is 0 Å². The molecular weight excluding hydrogens is 320 g/mol. The summed E-state index contributed by atoms with van der Waals surface area (Å²) < 4.78 is 34.3. The number of carbonyl (C=O) groups is 1. The number of nitrogens with one attached hydrogen (secondary N) is 1. The number of rotatable bonds is 3. The molecule has 2 aliphatic rings. The normalized spacial score (nSPS) is 24.9. The maximum atomic E-state index is 12.2. The third kappa shape index (κ3) is 3.87. The summed E-state index contributed by atoms with van der Waals surface area (Å²) in [6.45, 7) is 0.728. The molecule has 0 unspecified atom stereocenters. The number of hydrogen-bond acceptors (Lipinski definition) is 5. The monoisotopic (exact) mass is 340 g/mol. The van der Waals surface area contributed by atoms with Crippen molar-refractivity contribution in [3.05, 3.63) is 24.3 Å². The van der Waals surface area contributed by atoms with Crippen LogP contribution in [0.5, 0.6) is 11.5 Å². The molecule has 126 valence electrons. The zero-order chi connectivity index (χ0) is 16.4. The fourth-order valence-electron chi connectivity index (χ4n) is 2.74. The molecule has 2 atom stereocenters. The van der Waals surface area contributed by atoms with Gasteiger partial charge in [0.1, 0.15) is 6.61 Å². The predicted octanol–water partition coefficient (Wildman–Crippen LogP) is 0.655. The molecule has 1 aromatic carbocycles. The fraction of sp³-hybridized carbons (Fsp3) is 0.533. The van der Waals surface area contributed by atoms with Gasteiger partial charge < -0.3 is 19.7 Å². The first-order valence-electron chi connectivity index (χ1n) is 7.53. The van der Waals surface area contributed by atoms with Crippen molar-refractivity contribution in [2.75, 3.05) is 31.7 Å². The standard InChI is InChI=1S/C15H20N2O5S/c1-17(15(18)16-11-6-7-23(19,20)10-11)8-12-9-21-13-4-2-3-5-14(13)22-12/h2-5,11-12H,6-10H2,1H3,(H,16,18)/t11-,12+/m0/s1. The lowest BCUT2D eigenvalue weighted by Gasteiger charge is -2.30. The maximum Gasteiger partial charge on any atom is 0.317 e. The number of carbonyl (C=O) groups excluding carboxylic acids is 1. The fourth-order valence-corrected chi connectivity index (χ4v) is 4.41. The Hall–Kier alpha value is -1.96. The SMILES string of the molecule is CN(C[C@@H]1COc2ccccc2O1)C(=O)N[C@H]1CCS(=O)(=O)C1. The number of amides is 2. The summed E-state index contributed by atoms with van der Waals surface area (Å²) in [5.74, 6) is 1.52. The molecule has 1 N–H and O–H groups in total. The Balaban J connectivity index is 1.51. The second kappa shape index (κ2) is 6.27. The summed E-state index contributed by atoms with van der Waals surface area (Å²) in [6, 6.07) is 6.79. The van der Waals surface area contributed by atoms with E-state index in [4.69, 9.17) is 9.47 Å².